The zero-order valence-corrected chi connectivity index (χ0v) is 30.5. The molecule has 2 saturated heterocycles. The molecule has 282 valence electrons. The van der Waals surface area contributed by atoms with E-state index in [4.69, 9.17) is 18.9 Å². The summed E-state index contributed by atoms with van der Waals surface area (Å²) in [7, 11) is 5.43. The van der Waals surface area contributed by atoms with Crippen molar-refractivity contribution in [3.05, 3.63) is 83.6 Å². The van der Waals surface area contributed by atoms with Gasteiger partial charge >= 0.3 is 6.18 Å². The summed E-state index contributed by atoms with van der Waals surface area (Å²) >= 11 is 0. The number of benzene rings is 1. The van der Waals surface area contributed by atoms with E-state index in [9.17, 15) is 13.2 Å². The van der Waals surface area contributed by atoms with Crippen LogP contribution in [0.5, 0.6) is 11.5 Å². The predicted molar refractivity (Wildman–Crippen MR) is 195 cm³/mol. The molecule has 11 nitrogen and oxygen atoms in total. The highest BCUT2D eigenvalue weighted by atomic mass is 19.4. The summed E-state index contributed by atoms with van der Waals surface area (Å²) in [6, 6.07) is 7.75. The number of anilines is 1. The van der Waals surface area contributed by atoms with Crippen LogP contribution < -0.4 is 25.4 Å². The van der Waals surface area contributed by atoms with Crippen molar-refractivity contribution < 1.29 is 32.1 Å². The van der Waals surface area contributed by atoms with Crippen LogP contribution in [0.15, 0.2) is 78.0 Å². The number of halogens is 3. The Labute approximate surface area is 306 Å². The van der Waals surface area contributed by atoms with Crippen LogP contribution in [0.3, 0.4) is 0 Å². The van der Waals surface area contributed by atoms with Crippen LogP contribution in [-0.2, 0) is 16.0 Å². The minimum absolute atomic E-state index is 0.00275. The standard InChI is InChI=1S/C39H46F3N7O4/c1-38(2)52-34-24(20-48(3)26-14-22(15-26)6-11-33-46-29-10-8-25(39(40,41)42)17-30(29)47-33)16-31(35(34)53-38)49-13-12-28-36(44-21-45-37(28)49)43-19-23-7-9-27(50-4)18-32(23)51-5/h7-10,12-13,16-18,21-22,26,29-30,33,35,46-47H,6,11,14-15,19-20H2,1-5H3,(H,43,44,45)/t22?,26?,29?,30?,33?,35-/m0/s1. The molecular weight excluding hydrogens is 687 g/mol. The minimum Gasteiger partial charge on any atom is -0.497 e. The molecule has 1 aromatic carbocycles. The highest BCUT2D eigenvalue weighted by Gasteiger charge is 2.46. The molecule has 53 heavy (non-hydrogen) atoms. The van der Waals surface area contributed by atoms with Crippen LogP contribution in [0, 0.1) is 5.92 Å². The molecule has 8 rings (SSSR count). The van der Waals surface area contributed by atoms with Crippen LogP contribution in [0.1, 0.15) is 45.1 Å². The number of fused-ring (bicyclic) bond motifs is 3. The third kappa shape index (κ3) is 7.05. The number of aromatic nitrogens is 3. The summed E-state index contributed by atoms with van der Waals surface area (Å²) in [5.41, 5.74) is 3.19. The number of alkyl halides is 3. The monoisotopic (exact) mass is 733 g/mol. The lowest BCUT2D eigenvalue weighted by Crippen LogP contribution is -2.44. The second kappa shape index (κ2) is 13.8. The minimum atomic E-state index is -4.32. The number of ether oxygens (including phenoxy) is 4. The SMILES string of the molecule is COc1ccc(CNc2ncnc3c2ccn3C2=CC(CN(C)C3CC(CCC4NC5C=CC(C(F)(F)F)=CC5N4)C3)=C3OC(C)(C)O[C@@H]23)c(OC)c1. The number of hydrogen-bond donors (Lipinski definition) is 3. The third-order valence-electron chi connectivity index (χ3n) is 11.1. The van der Waals surface area contributed by atoms with Gasteiger partial charge in [-0.2, -0.15) is 13.2 Å². The molecule has 0 bridgehead atoms. The molecular formula is C39H46F3N7O4. The summed E-state index contributed by atoms with van der Waals surface area (Å²) in [4.78, 5) is 11.6. The molecule has 1 saturated carbocycles. The summed E-state index contributed by atoms with van der Waals surface area (Å²) < 4.78 is 65.4. The van der Waals surface area contributed by atoms with Gasteiger partial charge in [0.25, 0.3) is 0 Å². The molecule has 5 aliphatic rings. The Morgan fingerprint density at radius 1 is 1.08 bits per heavy atom. The first-order chi connectivity index (χ1) is 25.4. The maximum absolute atomic E-state index is 13.2. The van der Waals surface area contributed by atoms with Crippen LogP contribution in [-0.4, -0.2) is 89.6 Å². The van der Waals surface area contributed by atoms with Crippen LogP contribution in [0.25, 0.3) is 16.7 Å². The zero-order valence-electron chi connectivity index (χ0n) is 30.5. The first-order valence-corrected chi connectivity index (χ1v) is 18.2. The van der Waals surface area contributed by atoms with Crippen molar-refractivity contribution in [3.63, 3.8) is 0 Å². The molecule has 14 heteroatoms. The second-order valence-corrected chi connectivity index (χ2v) is 15.0. The van der Waals surface area contributed by atoms with Gasteiger partial charge in [-0.3, -0.25) is 15.5 Å². The van der Waals surface area contributed by atoms with Gasteiger partial charge in [0.15, 0.2) is 6.10 Å². The highest BCUT2D eigenvalue weighted by molar-refractivity contribution is 5.90. The first-order valence-electron chi connectivity index (χ1n) is 18.2. The van der Waals surface area contributed by atoms with Gasteiger partial charge in [-0.15, -0.1) is 0 Å². The first kappa shape index (κ1) is 35.6. The molecule has 0 spiro atoms. The lowest BCUT2D eigenvalue weighted by molar-refractivity contribution is -0.126. The van der Waals surface area contributed by atoms with Crippen molar-refractivity contribution in [1.29, 1.82) is 0 Å². The summed E-state index contributed by atoms with van der Waals surface area (Å²) in [6.07, 6.45) is 9.23. The van der Waals surface area contributed by atoms with Crippen molar-refractivity contribution in [2.45, 2.75) is 88.4 Å². The molecule has 3 aromatic rings. The molecule has 4 heterocycles. The summed E-state index contributed by atoms with van der Waals surface area (Å²) in [5.74, 6) is 2.81. The molecule has 2 aliphatic heterocycles. The fourth-order valence-electron chi connectivity index (χ4n) is 8.19. The second-order valence-electron chi connectivity index (χ2n) is 15.0. The lowest BCUT2D eigenvalue weighted by atomic mass is 9.76. The Hall–Kier alpha value is -4.37. The van der Waals surface area contributed by atoms with E-state index >= 15 is 0 Å². The van der Waals surface area contributed by atoms with Crippen molar-refractivity contribution in [2.24, 2.45) is 5.92 Å². The molecule has 3 N–H and O–H groups in total. The van der Waals surface area contributed by atoms with E-state index in [2.05, 4.69) is 48.5 Å². The van der Waals surface area contributed by atoms with Crippen LogP contribution in [0.2, 0.25) is 0 Å². The number of hydrogen-bond acceptors (Lipinski definition) is 10. The van der Waals surface area contributed by atoms with Gasteiger partial charge in [0, 0.05) is 68.5 Å². The van der Waals surface area contributed by atoms with E-state index in [0.29, 0.717) is 30.9 Å². The van der Waals surface area contributed by atoms with Gasteiger partial charge in [0.2, 0.25) is 5.79 Å². The largest absolute Gasteiger partial charge is 0.497 e. The number of methoxy groups -OCH3 is 2. The van der Waals surface area contributed by atoms with Gasteiger partial charge < -0.3 is 28.8 Å². The normalized spacial score (nSPS) is 27.3. The maximum Gasteiger partial charge on any atom is 0.416 e. The van der Waals surface area contributed by atoms with Crippen LogP contribution >= 0.6 is 0 Å². The fourth-order valence-corrected chi connectivity index (χ4v) is 8.19. The Morgan fingerprint density at radius 3 is 2.66 bits per heavy atom. The smallest absolute Gasteiger partial charge is 0.416 e. The van der Waals surface area contributed by atoms with Gasteiger partial charge in [0.05, 0.1) is 37.0 Å². The quantitative estimate of drug-likeness (QED) is 0.202. The Morgan fingerprint density at radius 2 is 1.89 bits per heavy atom. The van der Waals surface area contributed by atoms with Gasteiger partial charge in [-0.05, 0) is 62.9 Å². The molecule has 0 radical (unpaired) electrons. The van der Waals surface area contributed by atoms with E-state index < -0.39 is 17.5 Å². The van der Waals surface area contributed by atoms with Crippen molar-refractivity contribution in [3.8, 4) is 11.5 Å². The van der Waals surface area contributed by atoms with Gasteiger partial charge in [-0.1, -0.05) is 18.2 Å². The fraction of sp³-hybridized carbons (Fsp3) is 0.487. The Kier molecular flexibility index (Phi) is 9.28. The number of rotatable bonds is 12. The van der Waals surface area contributed by atoms with Gasteiger partial charge in [0.1, 0.15) is 35.1 Å². The number of allylic oxidation sites excluding steroid dienone is 2. The van der Waals surface area contributed by atoms with E-state index in [1.54, 1.807) is 26.6 Å². The summed E-state index contributed by atoms with van der Waals surface area (Å²) in [6.45, 7) is 5.09. The number of nitrogens with one attached hydrogen (secondary N) is 3. The van der Waals surface area contributed by atoms with E-state index in [-0.39, 0.29) is 24.4 Å². The molecule has 4 atom stereocenters. The molecule has 2 aromatic heterocycles. The Bertz CT molecular complexity index is 2000. The average molecular weight is 734 g/mol. The zero-order chi connectivity index (χ0) is 37.1. The Balaban J connectivity index is 0.904. The van der Waals surface area contributed by atoms with E-state index in [1.807, 2.05) is 44.3 Å². The van der Waals surface area contributed by atoms with Crippen molar-refractivity contribution >= 4 is 22.5 Å². The highest BCUT2D eigenvalue weighted by Crippen LogP contribution is 2.45. The topological polar surface area (TPSA) is 107 Å². The third-order valence-corrected chi connectivity index (χ3v) is 11.1. The lowest BCUT2D eigenvalue weighted by Gasteiger charge is -2.42. The van der Waals surface area contributed by atoms with E-state index in [0.717, 1.165) is 70.8 Å². The average Bonchev–Trinajstić information content (AvgIpc) is 3.87. The molecule has 3 unspecified atom stereocenters. The van der Waals surface area contributed by atoms with Crippen molar-refractivity contribution in [2.75, 3.05) is 33.1 Å². The maximum atomic E-state index is 13.2. The number of likely N-dealkylation sites (N-methyl/N-ethyl adjacent to an activating group) is 1. The summed E-state index contributed by atoms with van der Waals surface area (Å²) in [5, 5.41) is 11.1. The van der Waals surface area contributed by atoms with Gasteiger partial charge in [-0.25, -0.2) is 9.97 Å². The van der Waals surface area contributed by atoms with E-state index in [1.165, 1.54) is 12.2 Å². The van der Waals surface area contributed by atoms with Crippen LogP contribution in [0.4, 0.5) is 19.0 Å². The molecule has 3 fully saturated rings. The van der Waals surface area contributed by atoms with Crippen molar-refractivity contribution in [1.82, 2.24) is 30.1 Å². The predicted octanol–water partition coefficient (Wildman–Crippen LogP) is 6.13. The molecule has 0 amide bonds. The molecule has 3 aliphatic carbocycles. The number of nitrogens with zero attached hydrogens (tertiary/aromatic N) is 4.